The normalized spacial score (nSPS) is 56.7. The molecule has 5 rings (SSSR count). The van der Waals surface area contributed by atoms with E-state index in [0.29, 0.717) is 17.8 Å². The van der Waals surface area contributed by atoms with Gasteiger partial charge in [-0.05, 0) is 38.0 Å². The molecule has 2 bridgehead atoms. The maximum absolute atomic E-state index is 6.21. The number of rotatable bonds is 1. The summed E-state index contributed by atoms with van der Waals surface area (Å²) in [6.07, 6.45) is 3.64. The Hall–Kier alpha value is -0.200. The maximum atomic E-state index is 6.21. The molecule has 128 valence electrons. The van der Waals surface area contributed by atoms with Gasteiger partial charge in [-0.1, -0.05) is 21.3 Å². The van der Waals surface area contributed by atoms with Crippen LogP contribution in [0.1, 0.15) is 53.9 Å². The van der Waals surface area contributed by atoms with Gasteiger partial charge in [0.15, 0.2) is 18.2 Å². The van der Waals surface area contributed by atoms with Crippen molar-refractivity contribution >= 4 is 0 Å². The Morgan fingerprint density at radius 2 is 1.82 bits per heavy atom. The van der Waals surface area contributed by atoms with Crippen molar-refractivity contribution in [1.82, 2.24) is 0 Å². The lowest BCUT2D eigenvalue weighted by Gasteiger charge is -2.60. The van der Waals surface area contributed by atoms with E-state index in [9.17, 15) is 0 Å². The third-order valence-corrected chi connectivity index (χ3v) is 6.33. The third-order valence-electron chi connectivity index (χ3n) is 6.33. The van der Waals surface area contributed by atoms with Gasteiger partial charge in [-0.25, -0.2) is 9.78 Å². The summed E-state index contributed by atoms with van der Waals surface area (Å²) in [5.74, 6) is 0.953. The van der Waals surface area contributed by atoms with Crippen molar-refractivity contribution in [3.63, 3.8) is 0 Å². The van der Waals surface area contributed by atoms with Crippen LogP contribution in [0.4, 0.5) is 0 Å². The summed E-state index contributed by atoms with van der Waals surface area (Å²) in [4.78, 5) is 11.8. The van der Waals surface area contributed by atoms with Crippen LogP contribution in [0.3, 0.4) is 0 Å². The topological polar surface area (TPSA) is 46.2 Å². The Balaban J connectivity index is 0.00000144. The number of hydrogen-bond donors (Lipinski definition) is 0. The summed E-state index contributed by atoms with van der Waals surface area (Å²) in [6.45, 7) is 6.46. The predicted octanol–water partition coefficient (Wildman–Crippen LogP) is 3.48. The minimum Gasteiger partial charge on any atom is -0.355 e. The first-order chi connectivity index (χ1) is 10.00. The third kappa shape index (κ3) is 2.02. The fourth-order valence-corrected chi connectivity index (χ4v) is 5.14. The van der Waals surface area contributed by atoms with Gasteiger partial charge < -0.3 is 14.2 Å². The smallest absolute Gasteiger partial charge is 0.201 e. The molecule has 1 aliphatic carbocycles. The lowest BCUT2D eigenvalue weighted by Crippen LogP contribution is -2.70. The molecular formula is C17H30O5. The van der Waals surface area contributed by atoms with Crippen LogP contribution in [0.2, 0.25) is 0 Å². The van der Waals surface area contributed by atoms with Crippen molar-refractivity contribution in [1.29, 1.82) is 0 Å². The van der Waals surface area contributed by atoms with E-state index in [1.807, 2.05) is 6.92 Å². The van der Waals surface area contributed by atoms with Crippen LogP contribution in [0.5, 0.6) is 0 Å². The van der Waals surface area contributed by atoms with Crippen LogP contribution in [-0.4, -0.2) is 31.1 Å². The zero-order valence-corrected chi connectivity index (χ0v) is 13.3. The molecule has 5 fully saturated rings. The molecule has 0 amide bonds. The van der Waals surface area contributed by atoms with Gasteiger partial charge in [-0.3, -0.25) is 0 Å². The molecule has 4 aliphatic heterocycles. The standard InChI is InChI=1S/C16H26O5.CH4/c1-9-5-6-12-10(2)13(17-4)18-14-16(12)11(9)7-8-15(3,19-14)20-21-16;/h9-14H,5-8H2,1-4H3;1H4/t9-,10?,11?,12?,13?,14-,15-,16-;/m1./s1. The molecular weight excluding hydrogens is 284 g/mol. The van der Waals surface area contributed by atoms with E-state index in [1.54, 1.807) is 7.11 Å². The maximum Gasteiger partial charge on any atom is 0.201 e. The Kier molecular flexibility index (Phi) is 4.10. The van der Waals surface area contributed by atoms with Gasteiger partial charge in [0, 0.05) is 25.4 Å². The first-order valence-corrected chi connectivity index (χ1v) is 8.23. The van der Waals surface area contributed by atoms with E-state index >= 15 is 0 Å². The Labute approximate surface area is 133 Å². The number of fused-ring (bicyclic) bond motifs is 2. The molecule has 4 unspecified atom stereocenters. The van der Waals surface area contributed by atoms with Crippen molar-refractivity contribution in [2.45, 2.75) is 77.8 Å². The molecule has 0 aromatic carbocycles. The van der Waals surface area contributed by atoms with Gasteiger partial charge in [-0.2, -0.15) is 0 Å². The molecule has 1 saturated carbocycles. The fourth-order valence-electron chi connectivity index (χ4n) is 5.14. The number of hydrogen-bond acceptors (Lipinski definition) is 5. The van der Waals surface area contributed by atoms with Crippen LogP contribution in [-0.2, 0) is 24.0 Å². The molecule has 5 nitrogen and oxygen atoms in total. The summed E-state index contributed by atoms with van der Waals surface area (Å²) >= 11 is 0. The lowest BCUT2D eigenvalue weighted by molar-refractivity contribution is -0.577. The van der Waals surface area contributed by atoms with Crippen molar-refractivity contribution in [3.8, 4) is 0 Å². The van der Waals surface area contributed by atoms with Crippen LogP contribution in [0, 0.1) is 23.7 Å². The fraction of sp³-hybridized carbons (Fsp3) is 1.00. The van der Waals surface area contributed by atoms with Gasteiger partial charge in [0.25, 0.3) is 0 Å². The second kappa shape index (κ2) is 5.42. The Bertz CT molecular complexity index is 429. The molecule has 4 heterocycles. The highest BCUT2D eigenvalue weighted by Crippen LogP contribution is 2.60. The zero-order chi connectivity index (χ0) is 14.8. The molecule has 1 spiro atoms. The number of ether oxygens (including phenoxy) is 3. The highest BCUT2D eigenvalue weighted by Gasteiger charge is 2.69. The Morgan fingerprint density at radius 1 is 1.05 bits per heavy atom. The minimum atomic E-state index is -0.698. The van der Waals surface area contributed by atoms with Gasteiger partial charge in [0.05, 0.1) is 0 Å². The highest BCUT2D eigenvalue weighted by atomic mass is 17.3. The molecule has 0 aromatic heterocycles. The van der Waals surface area contributed by atoms with Crippen molar-refractivity contribution in [3.05, 3.63) is 0 Å². The molecule has 5 aliphatic rings. The zero-order valence-electron chi connectivity index (χ0n) is 13.3. The molecule has 5 heteroatoms. The van der Waals surface area contributed by atoms with Gasteiger partial charge in [0.1, 0.15) is 0 Å². The van der Waals surface area contributed by atoms with E-state index in [1.165, 1.54) is 6.42 Å². The van der Waals surface area contributed by atoms with Crippen LogP contribution in [0.25, 0.3) is 0 Å². The van der Waals surface area contributed by atoms with Crippen molar-refractivity contribution in [2.75, 3.05) is 7.11 Å². The summed E-state index contributed by atoms with van der Waals surface area (Å²) in [5, 5.41) is 0. The largest absolute Gasteiger partial charge is 0.355 e. The monoisotopic (exact) mass is 314 g/mol. The van der Waals surface area contributed by atoms with Gasteiger partial charge in [-0.15, -0.1) is 0 Å². The quantitative estimate of drug-likeness (QED) is 0.693. The second-order valence-corrected chi connectivity index (χ2v) is 7.51. The van der Waals surface area contributed by atoms with Crippen LogP contribution in [0.15, 0.2) is 0 Å². The predicted molar refractivity (Wildman–Crippen MR) is 80.6 cm³/mol. The van der Waals surface area contributed by atoms with E-state index < -0.39 is 17.7 Å². The van der Waals surface area contributed by atoms with E-state index in [-0.39, 0.29) is 19.6 Å². The SMILES string of the molecule is C.COC1O[C@@H]2O[C@@]3(C)CCC4[C@H](C)CCC(C1C)[C@]42OO3. The van der Waals surface area contributed by atoms with Crippen LogP contribution < -0.4 is 0 Å². The van der Waals surface area contributed by atoms with E-state index in [2.05, 4.69) is 13.8 Å². The summed E-state index contributed by atoms with van der Waals surface area (Å²) < 4.78 is 17.9. The lowest BCUT2D eigenvalue weighted by atomic mass is 9.58. The van der Waals surface area contributed by atoms with E-state index in [4.69, 9.17) is 24.0 Å². The molecule has 4 saturated heterocycles. The van der Waals surface area contributed by atoms with E-state index in [0.717, 1.165) is 19.3 Å². The summed E-state index contributed by atoms with van der Waals surface area (Å²) in [7, 11) is 1.70. The number of methoxy groups -OCH3 is 1. The summed E-state index contributed by atoms with van der Waals surface area (Å²) in [5.41, 5.74) is -0.470. The molecule has 8 atom stereocenters. The first kappa shape index (κ1) is 16.7. The first-order valence-electron chi connectivity index (χ1n) is 8.23. The second-order valence-electron chi connectivity index (χ2n) is 7.51. The minimum absolute atomic E-state index is 0. The van der Waals surface area contributed by atoms with Gasteiger partial charge >= 0.3 is 0 Å². The molecule has 0 radical (unpaired) electrons. The van der Waals surface area contributed by atoms with Gasteiger partial charge in [0.2, 0.25) is 5.79 Å². The van der Waals surface area contributed by atoms with Crippen molar-refractivity contribution < 1.29 is 24.0 Å². The van der Waals surface area contributed by atoms with Crippen molar-refractivity contribution in [2.24, 2.45) is 23.7 Å². The highest BCUT2D eigenvalue weighted by molar-refractivity contribution is 5.08. The van der Waals surface area contributed by atoms with Crippen LogP contribution >= 0.6 is 0 Å². The average molecular weight is 314 g/mol. The molecule has 0 aromatic rings. The molecule has 0 N–H and O–H groups in total. The average Bonchev–Trinajstić information content (AvgIpc) is 2.69. The molecule has 22 heavy (non-hydrogen) atoms. The Morgan fingerprint density at radius 3 is 2.55 bits per heavy atom. The summed E-state index contributed by atoms with van der Waals surface area (Å²) in [6, 6.07) is 0.